The Hall–Kier alpha value is -9.76. The molecule has 0 aliphatic carbocycles. The van der Waals surface area contributed by atoms with Crippen molar-refractivity contribution in [1.82, 2.24) is 68.9 Å². The van der Waals surface area contributed by atoms with Crippen LogP contribution in [0.3, 0.4) is 0 Å². The highest BCUT2D eigenvalue weighted by Crippen LogP contribution is 2.46. The molecule has 6 aromatic heterocycles. The van der Waals surface area contributed by atoms with Gasteiger partial charge in [0.25, 0.3) is 0 Å². The summed E-state index contributed by atoms with van der Waals surface area (Å²) in [4.78, 5) is 54.8. The van der Waals surface area contributed by atoms with Gasteiger partial charge < -0.3 is 9.13 Å². The number of alkyl halides is 3. The second-order valence-corrected chi connectivity index (χ2v) is 18.7. The Bertz CT molecular complexity index is 4180. The first kappa shape index (κ1) is 47.3. The summed E-state index contributed by atoms with van der Waals surface area (Å²) in [6.07, 6.45) is -4.95. The Labute approximate surface area is 432 Å². The number of aromatic nitrogens is 14. The van der Waals surface area contributed by atoms with Gasteiger partial charge in [0.1, 0.15) is 46.6 Å². The van der Waals surface area contributed by atoms with E-state index in [1.165, 1.54) is 6.07 Å². The zero-order valence-corrected chi connectivity index (χ0v) is 42.2. The quantitative estimate of drug-likeness (QED) is 0.147. The monoisotopic (exact) mass is 1010 g/mol. The lowest BCUT2D eigenvalue weighted by Gasteiger charge is -2.22. The molecule has 0 saturated heterocycles. The van der Waals surface area contributed by atoms with Crippen LogP contribution in [0, 0.1) is 66.7 Å². The Balaban J connectivity index is 1.23. The number of benzene rings is 6. The molecule has 12 aromatic rings. The van der Waals surface area contributed by atoms with Crippen LogP contribution >= 0.6 is 0 Å². The molecule has 0 N–H and O–H groups in total. The molecule has 6 heterocycles. The average molecular weight is 1010 g/mol. The summed E-state index contributed by atoms with van der Waals surface area (Å²) in [6, 6.07) is 34.5. The summed E-state index contributed by atoms with van der Waals surface area (Å²) in [5.41, 5.74) is 4.71. The molecule has 0 radical (unpaired) electrons. The van der Waals surface area contributed by atoms with Crippen LogP contribution in [0.2, 0.25) is 0 Å². The van der Waals surface area contributed by atoms with Gasteiger partial charge in [0.2, 0.25) is 0 Å². The van der Waals surface area contributed by atoms with Crippen molar-refractivity contribution in [2.75, 3.05) is 0 Å². The van der Waals surface area contributed by atoms with Gasteiger partial charge in [-0.05, 0) is 109 Å². The first-order chi connectivity index (χ1) is 36.5. The third kappa shape index (κ3) is 8.27. The van der Waals surface area contributed by atoms with E-state index < -0.39 is 11.7 Å². The number of nitriles is 1. The molecule has 0 fully saturated rings. The fourth-order valence-electron chi connectivity index (χ4n) is 10.3. The molecular formula is C58H42F3N15. The Morgan fingerprint density at radius 3 is 1.01 bits per heavy atom. The second-order valence-electron chi connectivity index (χ2n) is 18.7. The van der Waals surface area contributed by atoms with E-state index in [-0.39, 0.29) is 11.4 Å². The third-order valence-electron chi connectivity index (χ3n) is 13.2. The van der Waals surface area contributed by atoms with E-state index >= 15 is 13.2 Å². The number of nitrogens with zero attached hydrogens (tertiary/aromatic N) is 15. The lowest BCUT2D eigenvalue weighted by atomic mass is 9.97. The molecule has 0 spiro atoms. The number of fused-ring (bicyclic) bond motifs is 6. The van der Waals surface area contributed by atoms with Crippen molar-refractivity contribution in [3.05, 3.63) is 167 Å². The molecule has 370 valence electrons. The highest BCUT2D eigenvalue weighted by atomic mass is 19.4. The van der Waals surface area contributed by atoms with E-state index in [4.69, 9.17) is 0 Å². The summed E-state index contributed by atoms with van der Waals surface area (Å²) in [6.45, 7) is 14.2. The van der Waals surface area contributed by atoms with Gasteiger partial charge >= 0.3 is 6.18 Å². The van der Waals surface area contributed by atoms with Crippen LogP contribution in [0.15, 0.2) is 109 Å². The van der Waals surface area contributed by atoms with Gasteiger partial charge in [-0.15, -0.1) is 0 Å². The summed E-state index contributed by atoms with van der Waals surface area (Å²) < 4.78 is 53.8. The third-order valence-corrected chi connectivity index (χ3v) is 13.2. The van der Waals surface area contributed by atoms with Gasteiger partial charge in [-0.1, -0.05) is 60.7 Å². The van der Waals surface area contributed by atoms with Crippen molar-refractivity contribution < 1.29 is 13.2 Å². The predicted octanol–water partition coefficient (Wildman–Crippen LogP) is 12.3. The Kier molecular flexibility index (Phi) is 11.0. The fourth-order valence-corrected chi connectivity index (χ4v) is 10.3. The van der Waals surface area contributed by atoms with Crippen molar-refractivity contribution in [3.63, 3.8) is 0 Å². The minimum Gasteiger partial charge on any atom is -0.309 e. The molecule has 0 saturated carbocycles. The maximum atomic E-state index is 16.8. The van der Waals surface area contributed by atoms with Crippen LogP contribution in [-0.2, 0) is 6.18 Å². The number of aryl methyl sites for hydroxylation is 8. The number of rotatable bonds is 7. The molecule has 0 bridgehead atoms. The Morgan fingerprint density at radius 1 is 0.368 bits per heavy atom. The molecular weight excluding hydrogens is 964 g/mol. The molecule has 6 aromatic carbocycles. The molecule has 0 aliphatic heterocycles. The second kappa shape index (κ2) is 17.7. The molecule has 0 unspecified atom stereocenters. The number of hydrogen-bond donors (Lipinski definition) is 0. The van der Waals surface area contributed by atoms with Gasteiger partial charge in [-0.25, -0.2) is 59.8 Å². The van der Waals surface area contributed by atoms with Gasteiger partial charge in [-0.3, -0.25) is 0 Å². The first-order valence-electron chi connectivity index (χ1n) is 24.2. The summed E-state index contributed by atoms with van der Waals surface area (Å²) in [7, 11) is 0. The van der Waals surface area contributed by atoms with E-state index in [0.717, 1.165) is 10.8 Å². The summed E-state index contributed by atoms with van der Waals surface area (Å²) >= 11 is 0. The largest absolute Gasteiger partial charge is 0.418 e. The molecule has 12 rings (SSSR count). The van der Waals surface area contributed by atoms with E-state index in [0.29, 0.717) is 142 Å². The lowest BCUT2D eigenvalue weighted by Crippen LogP contribution is -2.13. The number of hydrogen-bond acceptors (Lipinski definition) is 13. The van der Waals surface area contributed by atoms with Crippen LogP contribution in [-0.4, -0.2) is 68.9 Å². The van der Waals surface area contributed by atoms with Crippen molar-refractivity contribution in [3.8, 4) is 74.1 Å². The maximum Gasteiger partial charge on any atom is 0.418 e. The van der Waals surface area contributed by atoms with E-state index in [1.54, 1.807) is 90.3 Å². The summed E-state index contributed by atoms with van der Waals surface area (Å²) in [5, 5.41) is 13.2. The van der Waals surface area contributed by atoms with E-state index in [9.17, 15) is 5.26 Å². The van der Waals surface area contributed by atoms with Crippen molar-refractivity contribution in [1.29, 1.82) is 5.26 Å². The molecule has 76 heavy (non-hydrogen) atoms. The molecule has 0 amide bonds. The molecule has 0 aliphatic rings. The number of halogens is 3. The van der Waals surface area contributed by atoms with Crippen LogP contribution < -0.4 is 0 Å². The van der Waals surface area contributed by atoms with Gasteiger partial charge in [-0.2, -0.15) is 18.4 Å². The molecule has 18 heteroatoms. The normalized spacial score (nSPS) is 11.9. The van der Waals surface area contributed by atoms with Gasteiger partial charge in [0.05, 0.1) is 50.6 Å². The molecule has 15 nitrogen and oxygen atoms in total. The maximum absolute atomic E-state index is 16.8. The minimum absolute atomic E-state index is 0.177. The Morgan fingerprint density at radius 2 is 0.697 bits per heavy atom. The SMILES string of the molecule is Cc1nc(C)nc(-c2ccc3c4ccc(-c5nc(C)nc(C)n5)cc4n(-c4cc(C(F)(F)F)c(-n5c6cc(-c7nc(C)nc(C)n7)ccc6c6ccc(-c7nc(C)nc(C)n7)cc65)cc4-c4cccc(C#N)c4)c3c2)n1. The minimum atomic E-state index is -4.95. The zero-order valence-electron chi connectivity index (χ0n) is 42.2. The first-order valence-corrected chi connectivity index (χ1v) is 24.2. The van der Waals surface area contributed by atoms with Crippen LogP contribution in [0.25, 0.3) is 112 Å². The smallest absolute Gasteiger partial charge is 0.309 e. The van der Waals surface area contributed by atoms with Gasteiger partial charge in [0, 0.05) is 49.4 Å². The van der Waals surface area contributed by atoms with E-state index in [1.807, 2.05) is 77.4 Å². The van der Waals surface area contributed by atoms with Crippen molar-refractivity contribution >= 4 is 43.6 Å². The molecule has 0 atom stereocenters. The fraction of sp³-hybridized carbons (Fsp3) is 0.155. The van der Waals surface area contributed by atoms with Crippen molar-refractivity contribution in [2.45, 2.75) is 61.6 Å². The van der Waals surface area contributed by atoms with Crippen molar-refractivity contribution in [2.24, 2.45) is 0 Å². The topological polar surface area (TPSA) is 188 Å². The highest BCUT2D eigenvalue weighted by Gasteiger charge is 2.37. The highest BCUT2D eigenvalue weighted by molar-refractivity contribution is 6.13. The zero-order chi connectivity index (χ0) is 52.9. The average Bonchev–Trinajstić information content (AvgIpc) is 3.89. The van der Waals surface area contributed by atoms with Gasteiger partial charge in [0.15, 0.2) is 23.3 Å². The van der Waals surface area contributed by atoms with Crippen LogP contribution in [0.5, 0.6) is 0 Å². The van der Waals surface area contributed by atoms with Crippen LogP contribution in [0.4, 0.5) is 13.2 Å². The lowest BCUT2D eigenvalue weighted by molar-refractivity contribution is -0.137. The summed E-state index contributed by atoms with van der Waals surface area (Å²) in [5.74, 6) is 5.61. The predicted molar refractivity (Wildman–Crippen MR) is 283 cm³/mol. The van der Waals surface area contributed by atoms with E-state index in [2.05, 4.69) is 65.9 Å². The van der Waals surface area contributed by atoms with Crippen LogP contribution in [0.1, 0.15) is 57.7 Å². The standard InChI is InChI=1S/C58H42F3N15/c1-28-63-29(2)68-54(67-28)38-12-16-42-43-17-13-39(55-69-30(3)64-31(4)70-55)22-49(43)75(48(42)21-38)52-26-47(58(59,60)61)53(25-46(52)37-11-9-10-36(20-37)27-62)76-50-23-40(56-71-32(5)65-33(6)72-56)14-18-44(50)45-19-15-41(24-51(45)76)57-73-34(7)66-35(8)74-57/h9-26H,1-8H3.